The maximum Gasteiger partial charge on any atom is 0.0110 e. The molecule has 2 nitrogen and oxygen atoms in total. The van der Waals surface area contributed by atoms with Crippen LogP contribution < -0.4 is 5.32 Å². The van der Waals surface area contributed by atoms with Crippen LogP contribution in [0, 0.1) is 5.92 Å². The molecule has 2 heteroatoms. The predicted molar refractivity (Wildman–Crippen MR) is 58.0 cm³/mol. The van der Waals surface area contributed by atoms with Gasteiger partial charge in [-0.25, -0.2) is 0 Å². The highest BCUT2D eigenvalue weighted by Crippen LogP contribution is 2.28. The molecule has 1 fully saturated rings. The highest BCUT2D eigenvalue weighted by molar-refractivity contribution is 4.89. The van der Waals surface area contributed by atoms with E-state index in [1.54, 1.807) is 0 Å². The molecule has 0 amide bonds. The van der Waals surface area contributed by atoms with Crippen molar-refractivity contribution in [2.24, 2.45) is 5.92 Å². The summed E-state index contributed by atoms with van der Waals surface area (Å²) < 4.78 is 0. The maximum atomic E-state index is 3.41. The van der Waals surface area contributed by atoms with Gasteiger partial charge in [0.25, 0.3) is 0 Å². The smallest absolute Gasteiger partial charge is 0.0110 e. The Morgan fingerprint density at radius 2 is 2.08 bits per heavy atom. The van der Waals surface area contributed by atoms with E-state index in [2.05, 4.69) is 38.2 Å². The van der Waals surface area contributed by atoms with Gasteiger partial charge in [0, 0.05) is 12.1 Å². The van der Waals surface area contributed by atoms with Gasteiger partial charge in [-0.05, 0) is 45.8 Å². The van der Waals surface area contributed by atoms with Crippen molar-refractivity contribution < 1.29 is 0 Å². The van der Waals surface area contributed by atoms with Gasteiger partial charge in [-0.1, -0.05) is 13.8 Å². The lowest BCUT2D eigenvalue weighted by molar-refractivity contribution is 0.240. The highest BCUT2D eigenvalue weighted by atomic mass is 15.1. The Kier molecular flexibility index (Phi) is 4.20. The third-order valence-corrected chi connectivity index (χ3v) is 3.43. The molecule has 78 valence electrons. The first kappa shape index (κ1) is 11.0. The molecule has 0 aromatic rings. The van der Waals surface area contributed by atoms with Crippen LogP contribution in [-0.4, -0.2) is 37.6 Å². The second-order valence-corrected chi connectivity index (χ2v) is 4.48. The summed E-state index contributed by atoms with van der Waals surface area (Å²) >= 11 is 0. The average Bonchev–Trinajstić information content (AvgIpc) is 2.47. The van der Waals surface area contributed by atoms with Crippen LogP contribution in [0.1, 0.15) is 33.1 Å². The number of rotatable bonds is 4. The SMILES string of the molecule is CCCN(C)[C@H]1CC(C)C(NC)C1. The zero-order valence-corrected chi connectivity index (χ0v) is 9.51. The molecule has 1 rings (SSSR count). The van der Waals surface area contributed by atoms with E-state index in [9.17, 15) is 0 Å². The summed E-state index contributed by atoms with van der Waals surface area (Å²) in [5.41, 5.74) is 0. The Balaban J connectivity index is 2.38. The molecule has 0 aromatic heterocycles. The molecule has 1 aliphatic carbocycles. The van der Waals surface area contributed by atoms with Crippen LogP contribution in [0.3, 0.4) is 0 Å². The Hall–Kier alpha value is -0.0800. The van der Waals surface area contributed by atoms with Crippen LogP contribution in [0.15, 0.2) is 0 Å². The molecule has 0 radical (unpaired) electrons. The van der Waals surface area contributed by atoms with Gasteiger partial charge in [0.15, 0.2) is 0 Å². The summed E-state index contributed by atoms with van der Waals surface area (Å²) in [6.45, 7) is 5.86. The minimum absolute atomic E-state index is 0.740. The number of nitrogens with one attached hydrogen (secondary N) is 1. The lowest BCUT2D eigenvalue weighted by Crippen LogP contribution is -2.32. The molecule has 0 aromatic carbocycles. The lowest BCUT2D eigenvalue weighted by atomic mass is 10.1. The van der Waals surface area contributed by atoms with Gasteiger partial charge in [0.1, 0.15) is 0 Å². The zero-order valence-electron chi connectivity index (χ0n) is 9.51. The van der Waals surface area contributed by atoms with Crippen molar-refractivity contribution in [2.45, 2.75) is 45.2 Å². The first-order chi connectivity index (χ1) is 6.19. The first-order valence-electron chi connectivity index (χ1n) is 5.56. The summed E-state index contributed by atoms with van der Waals surface area (Å²) in [5.74, 6) is 0.842. The van der Waals surface area contributed by atoms with Crippen molar-refractivity contribution in [1.82, 2.24) is 10.2 Å². The van der Waals surface area contributed by atoms with Crippen molar-refractivity contribution in [3.63, 3.8) is 0 Å². The minimum Gasteiger partial charge on any atom is -0.317 e. The Morgan fingerprint density at radius 3 is 2.54 bits per heavy atom. The van der Waals surface area contributed by atoms with Crippen LogP contribution >= 0.6 is 0 Å². The van der Waals surface area contributed by atoms with E-state index in [1.165, 1.54) is 25.8 Å². The topological polar surface area (TPSA) is 15.3 Å². The fourth-order valence-electron chi connectivity index (χ4n) is 2.51. The van der Waals surface area contributed by atoms with Gasteiger partial charge in [0.2, 0.25) is 0 Å². The molecule has 1 saturated carbocycles. The van der Waals surface area contributed by atoms with Crippen LogP contribution in [0.4, 0.5) is 0 Å². The second kappa shape index (κ2) is 4.97. The predicted octanol–water partition coefficient (Wildman–Crippen LogP) is 1.71. The summed E-state index contributed by atoms with van der Waals surface area (Å²) in [5, 5.41) is 3.41. The van der Waals surface area contributed by atoms with Crippen LogP contribution in [0.5, 0.6) is 0 Å². The normalized spacial score (nSPS) is 34.4. The van der Waals surface area contributed by atoms with Crippen molar-refractivity contribution in [3.05, 3.63) is 0 Å². The molecule has 2 unspecified atom stereocenters. The average molecular weight is 184 g/mol. The molecule has 0 heterocycles. The van der Waals surface area contributed by atoms with Gasteiger partial charge < -0.3 is 10.2 Å². The molecule has 0 saturated heterocycles. The standard InChI is InChI=1S/C11H24N2/c1-5-6-13(4)10-7-9(2)11(8-10)12-3/h9-12H,5-8H2,1-4H3/t9?,10-,11?/m0/s1. The Labute approximate surface area is 82.7 Å². The summed E-state index contributed by atoms with van der Waals surface area (Å²) in [4.78, 5) is 2.52. The van der Waals surface area contributed by atoms with E-state index in [-0.39, 0.29) is 0 Å². The van der Waals surface area contributed by atoms with E-state index in [4.69, 9.17) is 0 Å². The summed E-state index contributed by atoms with van der Waals surface area (Å²) in [6.07, 6.45) is 3.96. The van der Waals surface area contributed by atoms with E-state index in [0.717, 1.165) is 18.0 Å². The quantitative estimate of drug-likeness (QED) is 0.715. The molecular weight excluding hydrogens is 160 g/mol. The lowest BCUT2D eigenvalue weighted by Gasteiger charge is -2.23. The van der Waals surface area contributed by atoms with Gasteiger partial charge in [-0.15, -0.1) is 0 Å². The summed E-state index contributed by atoms with van der Waals surface area (Å²) in [6, 6.07) is 1.55. The fraction of sp³-hybridized carbons (Fsp3) is 1.00. The summed E-state index contributed by atoms with van der Waals surface area (Å²) in [7, 11) is 4.35. The van der Waals surface area contributed by atoms with E-state index in [0.29, 0.717) is 0 Å². The van der Waals surface area contributed by atoms with Gasteiger partial charge >= 0.3 is 0 Å². The molecule has 0 aliphatic heterocycles. The van der Waals surface area contributed by atoms with E-state index < -0.39 is 0 Å². The third-order valence-electron chi connectivity index (χ3n) is 3.43. The maximum absolute atomic E-state index is 3.41. The molecule has 13 heavy (non-hydrogen) atoms. The zero-order chi connectivity index (χ0) is 9.84. The van der Waals surface area contributed by atoms with Gasteiger partial charge in [-0.3, -0.25) is 0 Å². The molecule has 1 N–H and O–H groups in total. The molecule has 0 spiro atoms. The van der Waals surface area contributed by atoms with Crippen molar-refractivity contribution in [2.75, 3.05) is 20.6 Å². The van der Waals surface area contributed by atoms with Gasteiger partial charge in [-0.2, -0.15) is 0 Å². The number of hydrogen-bond acceptors (Lipinski definition) is 2. The largest absolute Gasteiger partial charge is 0.317 e. The Bertz CT molecular complexity index is 147. The number of hydrogen-bond donors (Lipinski definition) is 1. The highest BCUT2D eigenvalue weighted by Gasteiger charge is 2.31. The first-order valence-corrected chi connectivity index (χ1v) is 5.56. The second-order valence-electron chi connectivity index (χ2n) is 4.48. The molecule has 1 aliphatic rings. The van der Waals surface area contributed by atoms with Crippen LogP contribution in [0.25, 0.3) is 0 Å². The van der Waals surface area contributed by atoms with E-state index in [1.807, 2.05) is 0 Å². The van der Waals surface area contributed by atoms with Crippen LogP contribution in [0.2, 0.25) is 0 Å². The monoisotopic (exact) mass is 184 g/mol. The number of nitrogens with zero attached hydrogens (tertiary/aromatic N) is 1. The molecular formula is C11H24N2. The molecule has 0 bridgehead atoms. The minimum atomic E-state index is 0.740. The molecule has 3 atom stereocenters. The Morgan fingerprint density at radius 1 is 1.38 bits per heavy atom. The van der Waals surface area contributed by atoms with Crippen molar-refractivity contribution in [3.8, 4) is 0 Å². The fourth-order valence-corrected chi connectivity index (χ4v) is 2.51. The van der Waals surface area contributed by atoms with Crippen molar-refractivity contribution in [1.29, 1.82) is 0 Å². The third kappa shape index (κ3) is 2.68. The van der Waals surface area contributed by atoms with E-state index >= 15 is 0 Å². The van der Waals surface area contributed by atoms with Gasteiger partial charge in [0.05, 0.1) is 0 Å². The van der Waals surface area contributed by atoms with Crippen LogP contribution in [-0.2, 0) is 0 Å². The van der Waals surface area contributed by atoms with Crippen molar-refractivity contribution >= 4 is 0 Å².